The van der Waals surface area contributed by atoms with Crippen molar-refractivity contribution in [1.82, 2.24) is 14.9 Å². The lowest BCUT2D eigenvalue weighted by atomic mass is 10.0. The first-order valence-corrected chi connectivity index (χ1v) is 5.24. The highest BCUT2D eigenvalue weighted by molar-refractivity contribution is 5.41. The predicted octanol–water partition coefficient (Wildman–Crippen LogP) is 1.52. The summed E-state index contributed by atoms with van der Waals surface area (Å²) < 4.78 is 2.04. The van der Waals surface area contributed by atoms with E-state index in [1.54, 1.807) is 6.20 Å². The van der Waals surface area contributed by atoms with Crippen molar-refractivity contribution in [2.75, 3.05) is 6.54 Å². The quantitative estimate of drug-likeness (QED) is 0.754. The van der Waals surface area contributed by atoms with Gasteiger partial charge in [-0.15, -0.1) is 0 Å². The zero-order valence-corrected chi connectivity index (χ0v) is 8.48. The van der Waals surface area contributed by atoms with Crippen molar-refractivity contribution in [1.29, 1.82) is 0 Å². The average Bonchev–Trinajstić information content (AvgIpc) is 2.82. The second kappa shape index (κ2) is 3.51. The molecule has 2 heterocycles. The molecule has 0 amide bonds. The van der Waals surface area contributed by atoms with Gasteiger partial charge in [0.1, 0.15) is 0 Å². The maximum Gasteiger partial charge on any atom is 0.0991 e. The minimum atomic E-state index is 1.000. The van der Waals surface area contributed by atoms with Crippen LogP contribution in [-0.4, -0.2) is 16.1 Å². The lowest BCUT2D eigenvalue weighted by Gasteiger charge is -2.17. The Morgan fingerprint density at radius 3 is 3.13 bits per heavy atom. The van der Waals surface area contributed by atoms with Crippen LogP contribution >= 0.6 is 0 Å². The summed E-state index contributed by atoms with van der Waals surface area (Å²) in [5, 5.41) is 3.38. The number of nitrogens with zero attached hydrogens (tertiary/aromatic N) is 2. The molecule has 2 aromatic rings. The number of benzene rings is 1. The average molecular weight is 199 g/mol. The van der Waals surface area contributed by atoms with Gasteiger partial charge in [-0.1, -0.05) is 6.07 Å². The maximum absolute atomic E-state index is 4.06. The van der Waals surface area contributed by atoms with Crippen LogP contribution in [0.25, 0.3) is 5.69 Å². The molecule has 3 nitrogen and oxygen atoms in total. The molecule has 3 rings (SSSR count). The van der Waals surface area contributed by atoms with Crippen LogP contribution in [0.5, 0.6) is 0 Å². The summed E-state index contributed by atoms with van der Waals surface area (Å²) in [4.78, 5) is 4.06. The molecule has 76 valence electrons. The first-order chi connectivity index (χ1) is 7.43. The number of hydrogen-bond acceptors (Lipinski definition) is 2. The molecule has 1 aliphatic heterocycles. The molecule has 0 aliphatic carbocycles. The van der Waals surface area contributed by atoms with E-state index in [-0.39, 0.29) is 0 Å². The highest BCUT2D eigenvalue weighted by Gasteiger charge is 2.08. The van der Waals surface area contributed by atoms with Crippen molar-refractivity contribution in [3.8, 4) is 5.69 Å². The van der Waals surface area contributed by atoms with Crippen LogP contribution in [0.3, 0.4) is 0 Å². The lowest BCUT2D eigenvalue weighted by Crippen LogP contribution is -2.23. The number of hydrogen-bond donors (Lipinski definition) is 1. The van der Waals surface area contributed by atoms with Gasteiger partial charge in [-0.3, -0.25) is 0 Å². The fourth-order valence-corrected chi connectivity index (χ4v) is 2.04. The summed E-state index contributed by atoms with van der Waals surface area (Å²) in [5.74, 6) is 0. The van der Waals surface area contributed by atoms with E-state index < -0.39 is 0 Å². The van der Waals surface area contributed by atoms with Crippen molar-refractivity contribution < 1.29 is 0 Å². The third-order valence-electron chi connectivity index (χ3n) is 2.88. The van der Waals surface area contributed by atoms with Crippen LogP contribution in [0.1, 0.15) is 11.1 Å². The fraction of sp³-hybridized carbons (Fsp3) is 0.250. The number of fused-ring (bicyclic) bond motifs is 1. The van der Waals surface area contributed by atoms with E-state index in [9.17, 15) is 0 Å². The minimum absolute atomic E-state index is 1.000. The zero-order chi connectivity index (χ0) is 10.1. The van der Waals surface area contributed by atoms with Gasteiger partial charge in [0.15, 0.2) is 0 Å². The van der Waals surface area contributed by atoms with Gasteiger partial charge in [-0.25, -0.2) is 4.98 Å². The lowest BCUT2D eigenvalue weighted by molar-refractivity contribution is 0.643. The second-order valence-electron chi connectivity index (χ2n) is 3.85. The van der Waals surface area contributed by atoms with Crippen LogP contribution in [-0.2, 0) is 13.0 Å². The van der Waals surface area contributed by atoms with Gasteiger partial charge in [0.2, 0.25) is 0 Å². The van der Waals surface area contributed by atoms with Gasteiger partial charge in [-0.2, -0.15) is 0 Å². The standard InChI is InChI=1S/C12H13N3/c1-2-12(15-6-5-14-9-15)7-10-3-4-13-8-11(1)10/h1-2,5-7,9,13H,3-4,8H2. The van der Waals surface area contributed by atoms with Crippen molar-refractivity contribution >= 4 is 0 Å². The van der Waals surface area contributed by atoms with Crippen LogP contribution in [0.15, 0.2) is 36.9 Å². The van der Waals surface area contributed by atoms with Gasteiger partial charge in [0, 0.05) is 24.6 Å². The molecule has 0 radical (unpaired) electrons. The molecule has 3 heteroatoms. The normalized spacial score (nSPS) is 14.9. The second-order valence-corrected chi connectivity index (χ2v) is 3.85. The molecule has 0 unspecified atom stereocenters. The van der Waals surface area contributed by atoms with E-state index >= 15 is 0 Å². The summed E-state index contributed by atoms with van der Waals surface area (Å²) >= 11 is 0. The smallest absolute Gasteiger partial charge is 0.0991 e. The first-order valence-electron chi connectivity index (χ1n) is 5.24. The Kier molecular flexibility index (Phi) is 2.03. The Hall–Kier alpha value is -1.61. The molecule has 0 saturated carbocycles. The molecular weight excluding hydrogens is 186 g/mol. The molecule has 0 saturated heterocycles. The van der Waals surface area contributed by atoms with Crippen molar-refractivity contribution in [3.05, 3.63) is 48.0 Å². The highest BCUT2D eigenvalue weighted by atomic mass is 15.0. The van der Waals surface area contributed by atoms with E-state index in [0.717, 1.165) is 19.5 Å². The third-order valence-corrected chi connectivity index (χ3v) is 2.88. The Balaban J connectivity index is 2.04. The fourth-order valence-electron chi connectivity index (χ4n) is 2.04. The van der Waals surface area contributed by atoms with Crippen molar-refractivity contribution in [3.63, 3.8) is 0 Å². The monoisotopic (exact) mass is 199 g/mol. The summed E-state index contributed by atoms with van der Waals surface area (Å²) in [5.41, 5.74) is 4.08. The number of nitrogens with one attached hydrogen (secondary N) is 1. The van der Waals surface area contributed by atoms with Gasteiger partial charge >= 0.3 is 0 Å². The predicted molar refractivity (Wildman–Crippen MR) is 59.0 cm³/mol. The van der Waals surface area contributed by atoms with Crippen LogP contribution < -0.4 is 5.32 Å². The molecule has 1 aromatic heterocycles. The number of rotatable bonds is 1. The van der Waals surface area contributed by atoms with Gasteiger partial charge in [-0.05, 0) is 36.2 Å². The molecule has 15 heavy (non-hydrogen) atoms. The van der Waals surface area contributed by atoms with E-state index in [1.165, 1.54) is 16.8 Å². The summed E-state index contributed by atoms with van der Waals surface area (Å²) in [7, 11) is 0. The van der Waals surface area contributed by atoms with Gasteiger partial charge in [0.25, 0.3) is 0 Å². The minimum Gasteiger partial charge on any atom is -0.312 e. The van der Waals surface area contributed by atoms with Crippen molar-refractivity contribution in [2.24, 2.45) is 0 Å². The molecule has 1 aliphatic rings. The summed E-state index contributed by atoms with van der Waals surface area (Å²) in [6, 6.07) is 6.61. The van der Waals surface area contributed by atoms with Gasteiger partial charge in [0.05, 0.1) is 6.33 Å². The molecule has 0 spiro atoms. The SMILES string of the molecule is c1cn(-c2ccc3c(c2)CCNC3)cn1. The topological polar surface area (TPSA) is 29.9 Å². The van der Waals surface area contributed by atoms with Crippen LogP contribution in [0, 0.1) is 0 Å². The van der Waals surface area contributed by atoms with E-state index in [4.69, 9.17) is 0 Å². The van der Waals surface area contributed by atoms with Gasteiger partial charge < -0.3 is 9.88 Å². The first kappa shape index (κ1) is 8.68. The number of aromatic nitrogens is 2. The third kappa shape index (κ3) is 1.55. The largest absolute Gasteiger partial charge is 0.312 e. The molecule has 1 aromatic carbocycles. The summed E-state index contributed by atoms with van der Waals surface area (Å²) in [6.45, 7) is 2.08. The van der Waals surface area contributed by atoms with E-state index in [1.807, 2.05) is 17.1 Å². The maximum atomic E-state index is 4.06. The molecule has 0 atom stereocenters. The Morgan fingerprint density at radius 1 is 1.27 bits per heavy atom. The van der Waals surface area contributed by atoms with Crippen LogP contribution in [0.2, 0.25) is 0 Å². The highest BCUT2D eigenvalue weighted by Crippen LogP contribution is 2.18. The van der Waals surface area contributed by atoms with Crippen LogP contribution in [0.4, 0.5) is 0 Å². The molecular formula is C12H13N3. The van der Waals surface area contributed by atoms with E-state index in [2.05, 4.69) is 28.5 Å². The zero-order valence-electron chi connectivity index (χ0n) is 8.48. The Labute approximate surface area is 88.8 Å². The molecule has 0 fully saturated rings. The Morgan fingerprint density at radius 2 is 2.27 bits per heavy atom. The van der Waals surface area contributed by atoms with Crippen molar-refractivity contribution in [2.45, 2.75) is 13.0 Å². The molecule has 0 bridgehead atoms. The summed E-state index contributed by atoms with van der Waals surface area (Å²) in [6.07, 6.45) is 6.74. The van der Waals surface area contributed by atoms with E-state index in [0.29, 0.717) is 0 Å². The molecule has 1 N–H and O–H groups in total. The Bertz CT molecular complexity index is 460. The number of imidazole rings is 1.